The average molecular weight is 276 g/mol. The number of nitrogens with zero attached hydrogens (tertiary/aromatic N) is 1. The first-order valence-electron chi connectivity index (χ1n) is 4.20. The predicted octanol–water partition coefficient (Wildman–Crippen LogP) is 1.05. The molecule has 0 atom stereocenters. The van der Waals surface area contributed by atoms with E-state index in [0.29, 0.717) is 0 Å². The van der Waals surface area contributed by atoms with Gasteiger partial charge < -0.3 is 5.11 Å². The van der Waals surface area contributed by atoms with Gasteiger partial charge in [0.25, 0.3) is 0 Å². The first-order chi connectivity index (χ1) is 7.93. The molecule has 0 radical (unpaired) electrons. The third-order valence-corrected chi connectivity index (χ3v) is 3.14. The zero-order chi connectivity index (χ0) is 12.7. The molecule has 88 valence electrons. The second-order valence-corrected chi connectivity index (χ2v) is 4.37. The number of carboxylic acid groups (broad SMARTS) is 1. The number of aliphatic carboxylic acids is 1. The smallest absolute Gasteiger partial charge is 0.356 e. The summed E-state index contributed by atoms with van der Waals surface area (Å²) in [6.07, 6.45) is 0. The van der Waals surface area contributed by atoms with E-state index in [9.17, 15) is 17.6 Å². The zero-order valence-electron chi connectivity index (χ0n) is 7.94. The quantitative estimate of drug-likeness (QED) is 0.777. The Balaban J connectivity index is 2.88. The minimum atomic E-state index is -2.92. The number of halogens is 2. The van der Waals surface area contributed by atoms with Crippen molar-refractivity contribution < 1.29 is 22.7 Å². The summed E-state index contributed by atoms with van der Waals surface area (Å²) in [6, 6.07) is 2.43. The highest BCUT2D eigenvalue weighted by atomic mass is 35.5. The van der Waals surface area contributed by atoms with Crippen LogP contribution in [0, 0.1) is 5.82 Å². The van der Waals surface area contributed by atoms with Gasteiger partial charge in [-0.3, -0.25) is 0 Å². The highest BCUT2D eigenvalue weighted by molar-refractivity contribution is 7.75. The average Bonchev–Trinajstić information content (AvgIpc) is 2.63. The number of hydrogen-bond acceptors (Lipinski definition) is 4. The van der Waals surface area contributed by atoms with Gasteiger partial charge in [0, 0.05) is 0 Å². The van der Waals surface area contributed by atoms with Crippen LogP contribution in [0.4, 0.5) is 10.1 Å². The van der Waals surface area contributed by atoms with E-state index in [1.807, 2.05) is 0 Å². The van der Waals surface area contributed by atoms with Crippen molar-refractivity contribution in [2.45, 2.75) is 0 Å². The lowest BCUT2D eigenvalue weighted by molar-refractivity contribution is -0.129. The van der Waals surface area contributed by atoms with Gasteiger partial charge in [-0.1, -0.05) is 11.6 Å². The molecule has 1 aliphatic heterocycles. The van der Waals surface area contributed by atoms with E-state index < -0.39 is 38.2 Å². The number of fused-ring (bicyclic) bond motifs is 1. The molecule has 0 aliphatic carbocycles. The summed E-state index contributed by atoms with van der Waals surface area (Å²) in [5.41, 5.74) is -1.18. The van der Waals surface area contributed by atoms with E-state index in [1.165, 1.54) is 12.1 Å². The Labute approximate surface area is 101 Å². The molecule has 0 aromatic heterocycles. The summed E-state index contributed by atoms with van der Waals surface area (Å²) in [5.74, 6) is -2.54. The summed E-state index contributed by atoms with van der Waals surface area (Å²) < 4.78 is 35.6. The van der Waals surface area contributed by atoms with Crippen molar-refractivity contribution in [3.8, 4) is 0 Å². The molecule has 0 fully saturated rings. The molecule has 1 N–H and O–H groups in total. The number of carbonyl (C=O) groups is 1. The van der Waals surface area contributed by atoms with Crippen LogP contribution in [0.2, 0.25) is 5.02 Å². The Hall–Kier alpha value is -1.73. The first-order valence-corrected chi connectivity index (χ1v) is 5.65. The number of hydrogen-bond donors (Lipinski definition) is 1. The maximum atomic E-state index is 13.7. The number of carboxylic acids is 1. The Morgan fingerprint density at radius 1 is 1.41 bits per heavy atom. The molecule has 1 aromatic carbocycles. The van der Waals surface area contributed by atoms with Crippen LogP contribution in [0.5, 0.6) is 0 Å². The molecule has 0 saturated heterocycles. The van der Waals surface area contributed by atoms with Crippen LogP contribution in [-0.2, 0) is 15.1 Å². The standard InChI is InChI=1S/C9H3ClFNO4S/c10-3-1-2-4-5(6(3)11)8(17(15)16)7(12-4)9(13)14/h1-2H,(H,13,14). The van der Waals surface area contributed by atoms with Crippen molar-refractivity contribution in [3.05, 3.63) is 28.5 Å². The molecule has 0 unspecified atom stereocenters. The molecule has 0 saturated carbocycles. The summed E-state index contributed by atoms with van der Waals surface area (Å²) in [6.45, 7) is 0. The first kappa shape index (κ1) is 11.7. The number of rotatable bonds is 1. The van der Waals surface area contributed by atoms with Gasteiger partial charge >= 0.3 is 5.97 Å². The van der Waals surface area contributed by atoms with Crippen LogP contribution in [0.3, 0.4) is 0 Å². The normalized spacial score (nSPS) is 13.3. The zero-order valence-corrected chi connectivity index (χ0v) is 9.51. The van der Waals surface area contributed by atoms with Crippen LogP contribution in [0.25, 0.3) is 0 Å². The van der Waals surface area contributed by atoms with E-state index in [0.717, 1.165) is 0 Å². The maximum Gasteiger partial charge on any atom is 0.356 e. The molecule has 2 rings (SSSR count). The molecule has 5 nitrogen and oxygen atoms in total. The molecular formula is C9H3ClFNO4S. The van der Waals surface area contributed by atoms with Gasteiger partial charge in [0.1, 0.15) is 4.86 Å². The molecule has 0 amide bonds. The minimum absolute atomic E-state index is 0.0662. The second kappa shape index (κ2) is 3.94. The fraction of sp³-hybridized carbons (Fsp3) is 0. The summed E-state index contributed by atoms with van der Waals surface area (Å²) >= 11 is 5.50. The van der Waals surface area contributed by atoms with Crippen molar-refractivity contribution in [1.82, 2.24) is 0 Å². The van der Waals surface area contributed by atoms with Crippen molar-refractivity contribution in [1.29, 1.82) is 0 Å². The fourth-order valence-electron chi connectivity index (χ4n) is 1.45. The lowest BCUT2D eigenvalue weighted by Gasteiger charge is -2.00. The highest BCUT2D eigenvalue weighted by Crippen LogP contribution is 2.32. The van der Waals surface area contributed by atoms with E-state index >= 15 is 0 Å². The highest BCUT2D eigenvalue weighted by Gasteiger charge is 2.32. The lowest BCUT2D eigenvalue weighted by atomic mass is 10.1. The summed E-state index contributed by atoms with van der Waals surface area (Å²) in [4.78, 5) is 13.7. The van der Waals surface area contributed by atoms with E-state index in [4.69, 9.17) is 16.7 Å². The van der Waals surface area contributed by atoms with E-state index in [2.05, 4.69) is 4.99 Å². The third kappa shape index (κ3) is 1.73. The molecule has 1 aliphatic rings. The van der Waals surface area contributed by atoms with Gasteiger partial charge in [-0.2, -0.15) is 8.42 Å². The SMILES string of the molecule is O=C(O)C1=Nc2ccc(Cl)c(F)c2C1=S(=O)=O. The molecule has 1 heterocycles. The minimum Gasteiger partial charge on any atom is -0.476 e. The Bertz CT molecular complexity index is 700. The van der Waals surface area contributed by atoms with E-state index in [1.54, 1.807) is 0 Å². The van der Waals surface area contributed by atoms with Crippen molar-refractivity contribution in [2.24, 2.45) is 4.99 Å². The Morgan fingerprint density at radius 3 is 2.59 bits per heavy atom. The molecule has 0 bridgehead atoms. The van der Waals surface area contributed by atoms with Gasteiger partial charge in [0.05, 0.1) is 16.3 Å². The Morgan fingerprint density at radius 2 is 2.06 bits per heavy atom. The topological polar surface area (TPSA) is 83.8 Å². The molecule has 17 heavy (non-hydrogen) atoms. The lowest BCUT2D eigenvalue weighted by Crippen LogP contribution is -2.22. The van der Waals surface area contributed by atoms with Gasteiger partial charge in [-0.05, 0) is 12.1 Å². The largest absolute Gasteiger partial charge is 0.476 e. The predicted molar refractivity (Wildman–Crippen MR) is 59.2 cm³/mol. The maximum absolute atomic E-state index is 13.7. The molecule has 8 heteroatoms. The van der Waals surface area contributed by atoms with E-state index in [-0.39, 0.29) is 10.7 Å². The van der Waals surface area contributed by atoms with Gasteiger partial charge in [-0.15, -0.1) is 0 Å². The van der Waals surface area contributed by atoms with Crippen LogP contribution >= 0.6 is 11.6 Å². The van der Waals surface area contributed by atoms with Gasteiger partial charge in [-0.25, -0.2) is 14.2 Å². The Kier molecular flexibility index (Phi) is 2.72. The third-order valence-electron chi connectivity index (χ3n) is 2.12. The summed E-state index contributed by atoms with van der Waals surface area (Å²) in [7, 11) is -2.92. The van der Waals surface area contributed by atoms with Gasteiger partial charge in [0.2, 0.25) is 10.3 Å². The van der Waals surface area contributed by atoms with Crippen molar-refractivity contribution >= 4 is 44.1 Å². The van der Waals surface area contributed by atoms with Crippen LogP contribution in [-0.4, -0.2) is 30.1 Å². The van der Waals surface area contributed by atoms with Gasteiger partial charge in [0.15, 0.2) is 11.5 Å². The van der Waals surface area contributed by atoms with Crippen LogP contribution in [0.15, 0.2) is 17.1 Å². The van der Waals surface area contributed by atoms with Crippen molar-refractivity contribution in [2.75, 3.05) is 0 Å². The molecular weight excluding hydrogens is 273 g/mol. The monoisotopic (exact) mass is 275 g/mol. The number of aliphatic imine (C=N–C) groups is 1. The number of benzene rings is 1. The second-order valence-electron chi connectivity index (χ2n) is 3.08. The molecule has 1 aromatic rings. The van der Waals surface area contributed by atoms with Crippen LogP contribution < -0.4 is 0 Å². The van der Waals surface area contributed by atoms with Crippen molar-refractivity contribution in [3.63, 3.8) is 0 Å². The van der Waals surface area contributed by atoms with Crippen LogP contribution in [0.1, 0.15) is 5.56 Å². The molecule has 0 spiro atoms. The summed E-state index contributed by atoms with van der Waals surface area (Å²) in [5, 5.41) is 8.49. The fourth-order valence-corrected chi connectivity index (χ4v) is 2.26.